The molecule has 112 valence electrons. The minimum absolute atomic E-state index is 0.0119. The van der Waals surface area contributed by atoms with Crippen LogP contribution in [0.5, 0.6) is 5.75 Å². The summed E-state index contributed by atoms with van der Waals surface area (Å²) >= 11 is 0. The molecular formula is C16H26N2O2. The SMILES string of the molecule is COc1ccc([C@@H](C)NC(C)C(=O)NC(C)(C)C)cc1. The van der Waals surface area contributed by atoms with Gasteiger partial charge >= 0.3 is 0 Å². The Labute approximate surface area is 121 Å². The third kappa shape index (κ3) is 5.21. The molecule has 0 aliphatic heterocycles. The maximum absolute atomic E-state index is 12.0. The number of nitrogens with one attached hydrogen (secondary N) is 2. The first-order valence-corrected chi connectivity index (χ1v) is 6.95. The van der Waals surface area contributed by atoms with Gasteiger partial charge in [0.15, 0.2) is 0 Å². The summed E-state index contributed by atoms with van der Waals surface area (Å²) in [5, 5.41) is 6.28. The van der Waals surface area contributed by atoms with Crippen molar-refractivity contribution >= 4 is 5.91 Å². The first-order valence-electron chi connectivity index (χ1n) is 6.95. The largest absolute Gasteiger partial charge is 0.497 e. The minimum Gasteiger partial charge on any atom is -0.497 e. The van der Waals surface area contributed by atoms with E-state index in [1.807, 2.05) is 58.9 Å². The average Bonchev–Trinajstić information content (AvgIpc) is 2.36. The topological polar surface area (TPSA) is 50.4 Å². The molecule has 2 atom stereocenters. The van der Waals surface area contributed by atoms with Gasteiger partial charge in [-0.3, -0.25) is 10.1 Å². The molecule has 0 spiro atoms. The molecular weight excluding hydrogens is 252 g/mol. The van der Waals surface area contributed by atoms with Gasteiger partial charge in [0.1, 0.15) is 5.75 Å². The molecule has 1 aromatic carbocycles. The van der Waals surface area contributed by atoms with Gasteiger partial charge in [-0.05, 0) is 52.3 Å². The molecule has 0 saturated heterocycles. The van der Waals surface area contributed by atoms with Gasteiger partial charge in [-0.25, -0.2) is 0 Å². The van der Waals surface area contributed by atoms with Crippen LogP contribution in [0.1, 0.15) is 46.2 Å². The van der Waals surface area contributed by atoms with E-state index in [1.165, 1.54) is 0 Å². The zero-order chi connectivity index (χ0) is 15.3. The molecule has 0 aliphatic rings. The van der Waals surface area contributed by atoms with E-state index in [1.54, 1.807) is 7.11 Å². The molecule has 0 aromatic heterocycles. The lowest BCUT2D eigenvalue weighted by Crippen LogP contribution is -2.49. The summed E-state index contributed by atoms with van der Waals surface area (Å²) in [6.45, 7) is 9.85. The summed E-state index contributed by atoms with van der Waals surface area (Å²) in [6, 6.07) is 7.71. The smallest absolute Gasteiger partial charge is 0.237 e. The zero-order valence-electron chi connectivity index (χ0n) is 13.3. The van der Waals surface area contributed by atoms with Crippen LogP contribution in [0.4, 0.5) is 0 Å². The van der Waals surface area contributed by atoms with Gasteiger partial charge in [0.25, 0.3) is 0 Å². The Morgan fingerprint density at radius 2 is 1.70 bits per heavy atom. The number of methoxy groups -OCH3 is 1. The van der Waals surface area contributed by atoms with Crippen LogP contribution in [-0.4, -0.2) is 24.6 Å². The van der Waals surface area contributed by atoms with Crippen molar-refractivity contribution in [3.05, 3.63) is 29.8 Å². The fourth-order valence-electron chi connectivity index (χ4n) is 1.92. The number of rotatable bonds is 5. The Kier molecular flexibility index (Phi) is 5.57. The molecule has 0 saturated carbocycles. The van der Waals surface area contributed by atoms with Crippen LogP contribution in [0.2, 0.25) is 0 Å². The lowest BCUT2D eigenvalue weighted by molar-refractivity contribution is -0.124. The van der Waals surface area contributed by atoms with Crippen LogP contribution < -0.4 is 15.4 Å². The second-order valence-corrected chi connectivity index (χ2v) is 6.12. The molecule has 4 heteroatoms. The standard InChI is InChI=1S/C16H26N2O2/c1-11(13-7-9-14(20-6)10-8-13)17-12(2)15(19)18-16(3,4)5/h7-12,17H,1-6H3,(H,18,19)/t11-,12?/m1/s1. The third-order valence-corrected chi connectivity index (χ3v) is 3.01. The van der Waals surface area contributed by atoms with E-state index < -0.39 is 0 Å². The molecule has 4 nitrogen and oxygen atoms in total. The summed E-state index contributed by atoms with van der Waals surface area (Å²) in [4.78, 5) is 12.0. The van der Waals surface area contributed by atoms with Gasteiger partial charge in [-0.2, -0.15) is 0 Å². The number of hydrogen-bond acceptors (Lipinski definition) is 3. The van der Waals surface area contributed by atoms with E-state index in [-0.39, 0.29) is 23.5 Å². The molecule has 0 aliphatic carbocycles. The maximum atomic E-state index is 12.0. The highest BCUT2D eigenvalue weighted by molar-refractivity contribution is 5.81. The molecule has 1 rings (SSSR count). The summed E-state index contributed by atoms with van der Waals surface area (Å²) in [5.74, 6) is 0.845. The van der Waals surface area contributed by atoms with E-state index in [0.29, 0.717) is 0 Å². The fourth-order valence-corrected chi connectivity index (χ4v) is 1.92. The molecule has 0 bridgehead atoms. The van der Waals surface area contributed by atoms with Crippen molar-refractivity contribution in [1.82, 2.24) is 10.6 Å². The number of carbonyl (C=O) groups excluding carboxylic acids is 1. The Morgan fingerprint density at radius 1 is 1.15 bits per heavy atom. The summed E-state index contributed by atoms with van der Waals surface area (Å²) in [5.41, 5.74) is 0.914. The Hall–Kier alpha value is -1.55. The van der Waals surface area contributed by atoms with Crippen LogP contribution in [-0.2, 0) is 4.79 Å². The predicted molar refractivity (Wildman–Crippen MR) is 81.9 cm³/mol. The minimum atomic E-state index is -0.244. The van der Waals surface area contributed by atoms with E-state index in [9.17, 15) is 4.79 Å². The average molecular weight is 278 g/mol. The van der Waals surface area contributed by atoms with Crippen molar-refractivity contribution in [3.8, 4) is 5.75 Å². The van der Waals surface area contributed by atoms with Gasteiger partial charge in [-0.15, -0.1) is 0 Å². The second-order valence-electron chi connectivity index (χ2n) is 6.12. The third-order valence-electron chi connectivity index (χ3n) is 3.01. The highest BCUT2D eigenvalue weighted by Gasteiger charge is 2.20. The van der Waals surface area contributed by atoms with Gasteiger partial charge in [0, 0.05) is 11.6 Å². The summed E-state index contributed by atoms with van der Waals surface area (Å²) < 4.78 is 5.14. The number of ether oxygens (including phenoxy) is 1. The van der Waals surface area contributed by atoms with Crippen LogP contribution in [0.15, 0.2) is 24.3 Å². The quantitative estimate of drug-likeness (QED) is 0.870. The number of carbonyl (C=O) groups is 1. The van der Waals surface area contributed by atoms with Crippen molar-refractivity contribution in [2.75, 3.05) is 7.11 Å². The lowest BCUT2D eigenvalue weighted by atomic mass is 10.1. The molecule has 0 fully saturated rings. The van der Waals surface area contributed by atoms with Crippen LogP contribution in [0, 0.1) is 0 Å². The van der Waals surface area contributed by atoms with E-state index in [4.69, 9.17) is 4.74 Å². The van der Waals surface area contributed by atoms with Crippen LogP contribution in [0.3, 0.4) is 0 Å². The monoisotopic (exact) mass is 278 g/mol. The van der Waals surface area contributed by atoms with Gasteiger partial charge < -0.3 is 10.1 Å². The molecule has 1 aromatic rings. The maximum Gasteiger partial charge on any atom is 0.237 e. The van der Waals surface area contributed by atoms with Gasteiger partial charge in [0.2, 0.25) is 5.91 Å². The highest BCUT2D eigenvalue weighted by atomic mass is 16.5. The Morgan fingerprint density at radius 3 is 2.15 bits per heavy atom. The molecule has 1 amide bonds. The Balaban J connectivity index is 2.60. The van der Waals surface area contributed by atoms with E-state index in [2.05, 4.69) is 10.6 Å². The van der Waals surface area contributed by atoms with Crippen LogP contribution >= 0.6 is 0 Å². The van der Waals surface area contributed by atoms with Crippen molar-refractivity contribution in [3.63, 3.8) is 0 Å². The molecule has 1 unspecified atom stereocenters. The lowest BCUT2D eigenvalue weighted by Gasteiger charge is -2.25. The summed E-state index contributed by atoms with van der Waals surface area (Å²) in [7, 11) is 1.65. The summed E-state index contributed by atoms with van der Waals surface area (Å²) in [6.07, 6.45) is 0. The van der Waals surface area contributed by atoms with Crippen molar-refractivity contribution in [2.24, 2.45) is 0 Å². The Bertz CT molecular complexity index is 435. The number of amides is 1. The van der Waals surface area contributed by atoms with Crippen molar-refractivity contribution in [2.45, 2.75) is 52.2 Å². The van der Waals surface area contributed by atoms with Gasteiger partial charge in [-0.1, -0.05) is 12.1 Å². The molecule has 20 heavy (non-hydrogen) atoms. The highest BCUT2D eigenvalue weighted by Crippen LogP contribution is 2.17. The molecule has 2 N–H and O–H groups in total. The second kappa shape index (κ2) is 6.75. The number of benzene rings is 1. The van der Waals surface area contributed by atoms with Crippen molar-refractivity contribution < 1.29 is 9.53 Å². The van der Waals surface area contributed by atoms with E-state index >= 15 is 0 Å². The fraction of sp³-hybridized carbons (Fsp3) is 0.562. The van der Waals surface area contributed by atoms with Crippen molar-refractivity contribution in [1.29, 1.82) is 0 Å². The van der Waals surface area contributed by atoms with E-state index in [0.717, 1.165) is 11.3 Å². The molecule has 0 radical (unpaired) electrons. The first-order chi connectivity index (χ1) is 9.23. The van der Waals surface area contributed by atoms with Crippen LogP contribution in [0.25, 0.3) is 0 Å². The van der Waals surface area contributed by atoms with Gasteiger partial charge in [0.05, 0.1) is 13.2 Å². The predicted octanol–water partition coefficient (Wildman–Crippen LogP) is 2.65. The number of hydrogen-bond donors (Lipinski definition) is 2. The first kappa shape index (κ1) is 16.5. The zero-order valence-corrected chi connectivity index (χ0v) is 13.3. The molecule has 0 heterocycles. The normalized spacial score (nSPS) is 14.5.